The second-order valence-electron chi connectivity index (χ2n) is 4.15. The van der Waals surface area contributed by atoms with E-state index >= 15 is 0 Å². The molecule has 1 heterocycles. The predicted molar refractivity (Wildman–Crippen MR) is 73.9 cm³/mol. The molecule has 0 spiro atoms. The maximum Gasteiger partial charge on any atom is 0.255 e. The summed E-state index contributed by atoms with van der Waals surface area (Å²) in [6.07, 6.45) is 3.37. The Labute approximate surface area is 110 Å². The maximum absolute atomic E-state index is 12.0. The Morgan fingerprint density at radius 1 is 0.895 bits per heavy atom. The van der Waals surface area contributed by atoms with Gasteiger partial charge in [-0.1, -0.05) is 24.3 Å². The number of amides is 1. The fraction of sp³-hybridized carbons (Fsp3) is 0. The normalized spacial score (nSPS) is 10.3. The van der Waals surface area contributed by atoms with Gasteiger partial charge in [0.15, 0.2) is 0 Å². The molecule has 1 aromatic heterocycles. The number of benzene rings is 2. The van der Waals surface area contributed by atoms with Crippen LogP contribution in [0.5, 0.6) is 0 Å². The SMILES string of the molecule is O=C(Nc1ccc2cnncc2c1)c1ccccc1. The molecule has 0 fully saturated rings. The van der Waals surface area contributed by atoms with Gasteiger partial charge in [0.25, 0.3) is 5.91 Å². The zero-order valence-electron chi connectivity index (χ0n) is 10.1. The number of carbonyl (C=O) groups excluding carboxylic acids is 1. The Kier molecular flexibility index (Phi) is 2.90. The average Bonchev–Trinajstić information content (AvgIpc) is 2.48. The van der Waals surface area contributed by atoms with Gasteiger partial charge in [0.1, 0.15) is 0 Å². The Balaban J connectivity index is 1.87. The van der Waals surface area contributed by atoms with Crippen LogP contribution in [0.25, 0.3) is 10.8 Å². The lowest BCUT2D eigenvalue weighted by Crippen LogP contribution is -2.11. The highest BCUT2D eigenvalue weighted by Gasteiger charge is 2.05. The molecule has 0 saturated carbocycles. The molecule has 19 heavy (non-hydrogen) atoms. The van der Waals surface area contributed by atoms with Crippen molar-refractivity contribution < 1.29 is 4.79 Å². The van der Waals surface area contributed by atoms with Gasteiger partial charge < -0.3 is 5.32 Å². The molecule has 4 nitrogen and oxygen atoms in total. The van der Waals surface area contributed by atoms with Crippen LogP contribution in [0.2, 0.25) is 0 Å². The number of aromatic nitrogens is 2. The van der Waals surface area contributed by atoms with Crippen molar-refractivity contribution in [1.82, 2.24) is 10.2 Å². The summed E-state index contributed by atoms with van der Waals surface area (Å²) >= 11 is 0. The van der Waals surface area contributed by atoms with E-state index in [0.717, 1.165) is 16.5 Å². The number of hydrogen-bond donors (Lipinski definition) is 1. The van der Waals surface area contributed by atoms with Gasteiger partial charge >= 0.3 is 0 Å². The molecule has 0 atom stereocenters. The van der Waals surface area contributed by atoms with E-state index < -0.39 is 0 Å². The summed E-state index contributed by atoms with van der Waals surface area (Å²) in [6, 6.07) is 14.8. The van der Waals surface area contributed by atoms with E-state index in [1.807, 2.05) is 36.4 Å². The number of nitrogens with zero attached hydrogens (tertiary/aromatic N) is 2. The molecular formula is C15H11N3O. The third-order valence-electron chi connectivity index (χ3n) is 2.84. The fourth-order valence-corrected chi connectivity index (χ4v) is 1.87. The van der Waals surface area contributed by atoms with E-state index in [2.05, 4.69) is 15.5 Å². The average molecular weight is 249 g/mol. The van der Waals surface area contributed by atoms with Crippen LogP contribution < -0.4 is 5.32 Å². The summed E-state index contributed by atoms with van der Waals surface area (Å²) in [5.74, 6) is -0.123. The molecular weight excluding hydrogens is 238 g/mol. The minimum Gasteiger partial charge on any atom is -0.322 e. The first-order chi connectivity index (χ1) is 9.33. The van der Waals surface area contributed by atoms with Crippen molar-refractivity contribution in [2.24, 2.45) is 0 Å². The number of anilines is 1. The summed E-state index contributed by atoms with van der Waals surface area (Å²) < 4.78 is 0. The van der Waals surface area contributed by atoms with Crippen LogP contribution in [0, 0.1) is 0 Å². The van der Waals surface area contributed by atoms with Crippen molar-refractivity contribution in [3.8, 4) is 0 Å². The number of nitrogens with one attached hydrogen (secondary N) is 1. The maximum atomic E-state index is 12.0. The topological polar surface area (TPSA) is 54.9 Å². The van der Waals surface area contributed by atoms with Gasteiger partial charge in [0, 0.05) is 22.0 Å². The predicted octanol–water partition coefficient (Wildman–Crippen LogP) is 2.88. The van der Waals surface area contributed by atoms with Crippen LogP contribution in [-0.2, 0) is 0 Å². The number of hydrogen-bond acceptors (Lipinski definition) is 3. The molecule has 4 heteroatoms. The highest BCUT2D eigenvalue weighted by atomic mass is 16.1. The van der Waals surface area contributed by atoms with Crippen molar-refractivity contribution in [3.05, 3.63) is 66.5 Å². The van der Waals surface area contributed by atoms with Crippen LogP contribution in [-0.4, -0.2) is 16.1 Å². The molecule has 0 aliphatic heterocycles. The van der Waals surface area contributed by atoms with Crippen molar-refractivity contribution in [2.75, 3.05) is 5.32 Å². The Hall–Kier alpha value is -2.75. The third-order valence-corrected chi connectivity index (χ3v) is 2.84. The first-order valence-electron chi connectivity index (χ1n) is 5.90. The van der Waals surface area contributed by atoms with E-state index in [1.165, 1.54) is 0 Å². The van der Waals surface area contributed by atoms with E-state index in [1.54, 1.807) is 24.5 Å². The Morgan fingerprint density at radius 3 is 2.42 bits per heavy atom. The van der Waals surface area contributed by atoms with Gasteiger partial charge in [-0.2, -0.15) is 10.2 Å². The lowest BCUT2D eigenvalue weighted by molar-refractivity contribution is 0.102. The first kappa shape index (κ1) is 11.3. The number of carbonyl (C=O) groups is 1. The number of rotatable bonds is 2. The highest BCUT2D eigenvalue weighted by Crippen LogP contribution is 2.17. The molecule has 0 saturated heterocycles. The van der Waals surface area contributed by atoms with Gasteiger partial charge in [-0.3, -0.25) is 4.79 Å². The fourth-order valence-electron chi connectivity index (χ4n) is 1.87. The molecule has 1 N–H and O–H groups in total. The minimum atomic E-state index is -0.123. The van der Waals surface area contributed by atoms with E-state index in [9.17, 15) is 4.79 Å². The highest BCUT2D eigenvalue weighted by molar-refractivity contribution is 6.05. The molecule has 1 amide bonds. The lowest BCUT2D eigenvalue weighted by atomic mass is 10.1. The second kappa shape index (κ2) is 4.86. The molecule has 2 aromatic carbocycles. The van der Waals surface area contributed by atoms with E-state index in [0.29, 0.717) is 5.56 Å². The lowest BCUT2D eigenvalue weighted by Gasteiger charge is -2.06. The molecule has 0 aliphatic rings. The standard InChI is InChI=1S/C15H11N3O/c19-15(11-4-2-1-3-5-11)18-14-7-6-12-9-16-17-10-13(12)8-14/h1-10H,(H,18,19). The van der Waals surface area contributed by atoms with Crippen molar-refractivity contribution in [1.29, 1.82) is 0 Å². The van der Waals surface area contributed by atoms with Gasteiger partial charge in [-0.15, -0.1) is 0 Å². The van der Waals surface area contributed by atoms with Crippen LogP contribution in [0.4, 0.5) is 5.69 Å². The van der Waals surface area contributed by atoms with Crippen molar-refractivity contribution >= 4 is 22.4 Å². The molecule has 3 aromatic rings. The summed E-state index contributed by atoms with van der Waals surface area (Å²) in [6.45, 7) is 0. The van der Waals surface area contributed by atoms with Crippen LogP contribution in [0.15, 0.2) is 60.9 Å². The largest absolute Gasteiger partial charge is 0.322 e. The monoisotopic (exact) mass is 249 g/mol. The van der Waals surface area contributed by atoms with Gasteiger partial charge in [-0.25, -0.2) is 0 Å². The Morgan fingerprint density at radius 2 is 1.63 bits per heavy atom. The molecule has 0 bridgehead atoms. The third kappa shape index (κ3) is 2.42. The summed E-state index contributed by atoms with van der Waals surface area (Å²) in [4.78, 5) is 12.0. The smallest absolute Gasteiger partial charge is 0.255 e. The summed E-state index contributed by atoms with van der Waals surface area (Å²) in [7, 11) is 0. The van der Waals surface area contributed by atoms with Crippen molar-refractivity contribution in [2.45, 2.75) is 0 Å². The van der Waals surface area contributed by atoms with Crippen LogP contribution in [0.3, 0.4) is 0 Å². The molecule has 92 valence electrons. The van der Waals surface area contributed by atoms with Crippen molar-refractivity contribution in [3.63, 3.8) is 0 Å². The van der Waals surface area contributed by atoms with Crippen LogP contribution in [0.1, 0.15) is 10.4 Å². The second-order valence-corrected chi connectivity index (χ2v) is 4.15. The summed E-state index contributed by atoms with van der Waals surface area (Å²) in [5, 5.41) is 12.4. The number of fused-ring (bicyclic) bond motifs is 1. The van der Waals surface area contributed by atoms with E-state index in [-0.39, 0.29) is 5.91 Å². The van der Waals surface area contributed by atoms with Gasteiger partial charge in [-0.05, 0) is 24.3 Å². The minimum absolute atomic E-state index is 0.123. The first-order valence-corrected chi connectivity index (χ1v) is 5.90. The molecule has 0 unspecified atom stereocenters. The molecule has 3 rings (SSSR count). The summed E-state index contributed by atoms with van der Waals surface area (Å²) in [5.41, 5.74) is 1.38. The van der Waals surface area contributed by atoms with E-state index in [4.69, 9.17) is 0 Å². The molecule has 0 radical (unpaired) electrons. The van der Waals surface area contributed by atoms with Gasteiger partial charge in [0.05, 0.1) is 12.4 Å². The molecule has 0 aliphatic carbocycles. The van der Waals surface area contributed by atoms with Gasteiger partial charge in [0.2, 0.25) is 0 Å². The Bertz CT molecular complexity index is 726. The van der Waals surface area contributed by atoms with Crippen LogP contribution >= 0.6 is 0 Å². The zero-order chi connectivity index (χ0) is 13.1. The quantitative estimate of drug-likeness (QED) is 0.759. The zero-order valence-corrected chi connectivity index (χ0v) is 10.1.